The van der Waals surface area contributed by atoms with E-state index in [1.807, 2.05) is 19.1 Å². The van der Waals surface area contributed by atoms with Crippen molar-refractivity contribution in [1.82, 2.24) is 20.4 Å². The lowest BCUT2D eigenvalue weighted by atomic mass is 9.96. The molecule has 25 heavy (non-hydrogen) atoms. The summed E-state index contributed by atoms with van der Waals surface area (Å²) in [5, 5.41) is 17.0. The Morgan fingerprint density at radius 2 is 2.16 bits per heavy atom. The van der Waals surface area contributed by atoms with E-state index in [0.717, 1.165) is 44.6 Å². The van der Waals surface area contributed by atoms with Crippen molar-refractivity contribution < 1.29 is 9.63 Å². The van der Waals surface area contributed by atoms with Gasteiger partial charge in [-0.1, -0.05) is 28.9 Å². The van der Waals surface area contributed by atoms with Gasteiger partial charge in [-0.25, -0.2) is 0 Å². The Morgan fingerprint density at radius 3 is 2.88 bits per heavy atom. The third-order valence-electron chi connectivity index (χ3n) is 4.68. The van der Waals surface area contributed by atoms with Crippen LogP contribution in [0.5, 0.6) is 0 Å². The zero-order chi connectivity index (χ0) is 17.6. The first-order valence-corrected chi connectivity index (χ1v) is 9.11. The summed E-state index contributed by atoms with van der Waals surface area (Å²) in [5.74, 6) is 1.94. The highest BCUT2D eigenvalue weighted by molar-refractivity contribution is 5.55. The van der Waals surface area contributed by atoms with Crippen molar-refractivity contribution in [3.05, 3.63) is 35.7 Å². The summed E-state index contributed by atoms with van der Waals surface area (Å²) in [7, 11) is 0. The normalized spacial score (nSPS) is 17.7. The Bertz CT molecular complexity index is 663. The van der Waals surface area contributed by atoms with Crippen LogP contribution in [0.4, 0.5) is 0 Å². The second-order valence-corrected chi connectivity index (χ2v) is 7.11. The van der Waals surface area contributed by atoms with Crippen molar-refractivity contribution in [1.29, 1.82) is 0 Å². The van der Waals surface area contributed by atoms with E-state index < -0.39 is 0 Å². The van der Waals surface area contributed by atoms with E-state index >= 15 is 0 Å². The average molecular weight is 344 g/mol. The molecule has 0 aliphatic carbocycles. The van der Waals surface area contributed by atoms with Gasteiger partial charge in [0.25, 0.3) is 0 Å². The Balaban J connectivity index is 1.41. The molecular weight excluding hydrogens is 316 g/mol. The van der Waals surface area contributed by atoms with E-state index in [0.29, 0.717) is 24.2 Å². The Labute approximate surface area is 149 Å². The maximum absolute atomic E-state index is 9.46. The molecule has 1 atom stereocenters. The number of hydrogen-bond donors (Lipinski definition) is 2. The molecule has 2 aromatic rings. The second-order valence-electron chi connectivity index (χ2n) is 7.11. The zero-order valence-corrected chi connectivity index (χ0v) is 15.1. The van der Waals surface area contributed by atoms with Gasteiger partial charge in [-0.05, 0) is 58.3 Å². The van der Waals surface area contributed by atoms with Gasteiger partial charge in [0.05, 0.1) is 12.6 Å². The molecule has 0 saturated carbocycles. The predicted octanol–water partition coefficient (Wildman–Crippen LogP) is 2.23. The number of likely N-dealkylation sites (tertiary alicyclic amines) is 1. The van der Waals surface area contributed by atoms with E-state index in [1.54, 1.807) is 0 Å². The summed E-state index contributed by atoms with van der Waals surface area (Å²) < 4.78 is 5.35. The monoisotopic (exact) mass is 344 g/mol. The summed E-state index contributed by atoms with van der Waals surface area (Å²) in [6.07, 6.45) is 2.09. The van der Waals surface area contributed by atoms with Crippen LogP contribution in [-0.2, 0) is 6.54 Å². The zero-order valence-electron chi connectivity index (χ0n) is 15.1. The van der Waals surface area contributed by atoms with Crippen LogP contribution in [0.2, 0.25) is 0 Å². The van der Waals surface area contributed by atoms with Gasteiger partial charge in [0.2, 0.25) is 11.7 Å². The number of aryl methyl sites for hydroxylation is 1. The van der Waals surface area contributed by atoms with E-state index in [-0.39, 0.29) is 6.10 Å². The van der Waals surface area contributed by atoms with E-state index in [2.05, 4.69) is 39.4 Å². The van der Waals surface area contributed by atoms with E-state index in [1.165, 1.54) is 5.56 Å². The number of benzene rings is 1. The van der Waals surface area contributed by atoms with Crippen molar-refractivity contribution in [3.8, 4) is 11.4 Å². The molecule has 0 amide bonds. The lowest BCUT2D eigenvalue weighted by Crippen LogP contribution is -2.40. The minimum Gasteiger partial charge on any atom is -0.392 e. The molecule has 6 nitrogen and oxygen atoms in total. The molecular formula is C19H28N4O2. The van der Waals surface area contributed by atoms with Crippen LogP contribution < -0.4 is 5.32 Å². The second kappa shape index (κ2) is 8.56. The molecule has 1 aromatic heterocycles. The fraction of sp³-hybridized carbons (Fsp3) is 0.579. The third-order valence-corrected chi connectivity index (χ3v) is 4.68. The van der Waals surface area contributed by atoms with Gasteiger partial charge >= 0.3 is 0 Å². The number of hydrogen-bond acceptors (Lipinski definition) is 6. The van der Waals surface area contributed by atoms with Gasteiger partial charge in [-0.2, -0.15) is 4.98 Å². The number of nitrogens with zero attached hydrogens (tertiary/aromatic N) is 3. The van der Waals surface area contributed by atoms with Crippen LogP contribution in [0.25, 0.3) is 11.4 Å². The minimum absolute atomic E-state index is 0.241. The molecule has 0 unspecified atom stereocenters. The van der Waals surface area contributed by atoms with Gasteiger partial charge in [-0.3, -0.25) is 0 Å². The van der Waals surface area contributed by atoms with Gasteiger partial charge < -0.3 is 19.8 Å². The van der Waals surface area contributed by atoms with Crippen molar-refractivity contribution in [2.24, 2.45) is 5.92 Å². The standard InChI is InChI=1S/C19H28N4O2/c1-14-4-3-5-17(10-14)19-21-18(25-22-19)12-20-11-16-6-8-23(9-7-16)13-15(2)24/h3-5,10,15-16,20,24H,6-9,11-13H2,1-2H3/t15-/m1/s1. The smallest absolute Gasteiger partial charge is 0.240 e. The first-order valence-electron chi connectivity index (χ1n) is 9.11. The molecule has 0 radical (unpaired) electrons. The SMILES string of the molecule is Cc1cccc(-c2noc(CNCC3CCN(C[C@@H](C)O)CC3)n2)c1. The summed E-state index contributed by atoms with van der Waals surface area (Å²) in [5.41, 5.74) is 2.17. The lowest BCUT2D eigenvalue weighted by molar-refractivity contribution is 0.0996. The van der Waals surface area contributed by atoms with Crippen LogP contribution in [0.15, 0.2) is 28.8 Å². The Hall–Kier alpha value is -1.76. The summed E-state index contributed by atoms with van der Waals surface area (Å²) in [6, 6.07) is 8.11. The highest BCUT2D eigenvalue weighted by atomic mass is 16.5. The summed E-state index contributed by atoms with van der Waals surface area (Å²) in [4.78, 5) is 6.81. The highest BCUT2D eigenvalue weighted by Gasteiger charge is 2.20. The van der Waals surface area contributed by atoms with Crippen molar-refractivity contribution in [2.45, 2.75) is 39.3 Å². The number of aromatic nitrogens is 2. The third kappa shape index (κ3) is 5.36. The quantitative estimate of drug-likeness (QED) is 0.802. The summed E-state index contributed by atoms with van der Waals surface area (Å²) >= 11 is 0. The fourth-order valence-corrected chi connectivity index (χ4v) is 3.36. The highest BCUT2D eigenvalue weighted by Crippen LogP contribution is 2.18. The molecule has 6 heteroatoms. The number of aliphatic hydroxyl groups is 1. The van der Waals surface area contributed by atoms with Gasteiger partial charge in [0.15, 0.2) is 0 Å². The average Bonchev–Trinajstić information content (AvgIpc) is 3.05. The maximum atomic E-state index is 9.46. The Kier molecular flexibility index (Phi) is 6.18. The van der Waals surface area contributed by atoms with Crippen LogP contribution >= 0.6 is 0 Å². The van der Waals surface area contributed by atoms with Crippen molar-refractivity contribution >= 4 is 0 Å². The molecule has 1 aliphatic rings. The molecule has 136 valence electrons. The molecule has 0 spiro atoms. The topological polar surface area (TPSA) is 74.4 Å². The van der Waals surface area contributed by atoms with Crippen LogP contribution in [0.1, 0.15) is 31.2 Å². The number of piperidine rings is 1. The molecule has 0 bridgehead atoms. The molecule has 1 aliphatic heterocycles. The molecule has 1 saturated heterocycles. The molecule has 3 rings (SSSR count). The van der Waals surface area contributed by atoms with Crippen molar-refractivity contribution in [3.63, 3.8) is 0 Å². The molecule has 2 N–H and O–H groups in total. The van der Waals surface area contributed by atoms with E-state index in [4.69, 9.17) is 4.52 Å². The summed E-state index contributed by atoms with van der Waals surface area (Å²) in [6.45, 7) is 8.38. The van der Waals surface area contributed by atoms with E-state index in [9.17, 15) is 5.11 Å². The number of β-amino-alcohol motifs (C(OH)–C–C–N with tert-alkyl or cyclic N) is 1. The number of aliphatic hydroxyl groups excluding tert-OH is 1. The van der Waals surface area contributed by atoms with Crippen molar-refractivity contribution in [2.75, 3.05) is 26.2 Å². The number of rotatable bonds is 7. The van der Waals surface area contributed by atoms with Gasteiger partial charge in [0.1, 0.15) is 0 Å². The van der Waals surface area contributed by atoms with Crippen LogP contribution in [0.3, 0.4) is 0 Å². The maximum Gasteiger partial charge on any atom is 0.240 e. The number of nitrogens with one attached hydrogen (secondary N) is 1. The fourth-order valence-electron chi connectivity index (χ4n) is 3.36. The largest absolute Gasteiger partial charge is 0.392 e. The van der Waals surface area contributed by atoms with Crippen LogP contribution in [-0.4, -0.2) is 52.4 Å². The molecule has 2 heterocycles. The lowest BCUT2D eigenvalue weighted by Gasteiger charge is -2.32. The van der Waals surface area contributed by atoms with Gasteiger partial charge in [0, 0.05) is 12.1 Å². The predicted molar refractivity (Wildman–Crippen MR) is 97.0 cm³/mol. The van der Waals surface area contributed by atoms with Crippen LogP contribution in [0, 0.1) is 12.8 Å². The molecule has 1 aromatic carbocycles. The molecule has 1 fully saturated rings. The first kappa shape index (κ1) is 18.0. The Morgan fingerprint density at radius 1 is 1.36 bits per heavy atom. The van der Waals surface area contributed by atoms with Gasteiger partial charge in [-0.15, -0.1) is 0 Å². The minimum atomic E-state index is -0.241. The first-order chi connectivity index (χ1) is 12.1.